The smallest absolute Gasteiger partial charge is 0.270 e. The summed E-state index contributed by atoms with van der Waals surface area (Å²) in [6.07, 6.45) is 3.55. The number of nitrogens with one attached hydrogen (secondary N) is 1. The molecule has 1 aliphatic heterocycles. The second-order valence-corrected chi connectivity index (χ2v) is 7.52. The summed E-state index contributed by atoms with van der Waals surface area (Å²) in [5.74, 6) is 1.25. The third-order valence-electron chi connectivity index (χ3n) is 5.19. The lowest BCUT2D eigenvalue weighted by Gasteiger charge is -2.28. The van der Waals surface area contributed by atoms with Gasteiger partial charge in [-0.3, -0.25) is 4.79 Å². The van der Waals surface area contributed by atoms with E-state index in [-0.39, 0.29) is 5.91 Å². The van der Waals surface area contributed by atoms with E-state index in [1.807, 2.05) is 61.5 Å². The molecule has 1 aliphatic rings. The van der Waals surface area contributed by atoms with Crippen molar-refractivity contribution in [1.29, 1.82) is 0 Å². The number of rotatable bonds is 5. The van der Waals surface area contributed by atoms with Gasteiger partial charge in [-0.2, -0.15) is 0 Å². The van der Waals surface area contributed by atoms with Gasteiger partial charge >= 0.3 is 0 Å². The van der Waals surface area contributed by atoms with Crippen molar-refractivity contribution in [2.24, 2.45) is 0 Å². The molecule has 3 aromatic rings. The predicted molar refractivity (Wildman–Crippen MR) is 116 cm³/mol. The van der Waals surface area contributed by atoms with Crippen LogP contribution >= 0.6 is 0 Å². The highest BCUT2D eigenvalue weighted by Gasteiger charge is 2.18. The van der Waals surface area contributed by atoms with Crippen molar-refractivity contribution in [3.8, 4) is 11.4 Å². The number of nitrogens with zero attached hydrogens (tertiary/aromatic N) is 3. The van der Waals surface area contributed by atoms with Crippen LogP contribution in [-0.4, -0.2) is 29.0 Å². The fourth-order valence-corrected chi connectivity index (χ4v) is 3.65. The minimum atomic E-state index is -0.177. The molecule has 1 amide bonds. The van der Waals surface area contributed by atoms with Crippen LogP contribution in [0.4, 0.5) is 5.82 Å². The molecule has 4 rings (SSSR count). The number of hydrogen-bond donors (Lipinski definition) is 1. The average Bonchev–Trinajstić information content (AvgIpc) is 2.78. The molecular formula is C24H26N4O. The monoisotopic (exact) mass is 386 g/mol. The largest absolute Gasteiger partial charge is 0.356 e. The Morgan fingerprint density at radius 1 is 0.966 bits per heavy atom. The first-order valence-electron chi connectivity index (χ1n) is 10.2. The van der Waals surface area contributed by atoms with Gasteiger partial charge in [-0.15, -0.1) is 0 Å². The quantitative estimate of drug-likeness (QED) is 0.707. The molecule has 0 radical (unpaired) electrons. The van der Waals surface area contributed by atoms with Crippen LogP contribution in [0.5, 0.6) is 0 Å². The SMILES string of the molecule is Cc1cccc(CNC(=O)c2cc(N3CCCCC3)nc(-c3ccccc3)n2)c1. The highest BCUT2D eigenvalue weighted by atomic mass is 16.1. The Labute approximate surface area is 171 Å². The Morgan fingerprint density at radius 2 is 1.76 bits per heavy atom. The Hall–Kier alpha value is -3.21. The number of piperidine rings is 1. The summed E-state index contributed by atoms with van der Waals surface area (Å²) in [7, 11) is 0. The number of amides is 1. The molecule has 1 N–H and O–H groups in total. The van der Waals surface area contributed by atoms with Crippen LogP contribution in [0.25, 0.3) is 11.4 Å². The first-order chi connectivity index (χ1) is 14.2. The third kappa shape index (κ3) is 4.80. The summed E-state index contributed by atoms with van der Waals surface area (Å²) in [5, 5.41) is 3.00. The van der Waals surface area contributed by atoms with Crippen molar-refractivity contribution in [3.05, 3.63) is 77.5 Å². The number of carbonyl (C=O) groups excluding carboxylic acids is 1. The summed E-state index contributed by atoms with van der Waals surface area (Å²) in [6.45, 7) is 4.46. The Bertz CT molecular complexity index is 981. The molecule has 2 heterocycles. The second kappa shape index (κ2) is 8.86. The summed E-state index contributed by atoms with van der Waals surface area (Å²) < 4.78 is 0. The van der Waals surface area contributed by atoms with E-state index in [2.05, 4.69) is 21.3 Å². The minimum Gasteiger partial charge on any atom is -0.356 e. The minimum absolute atomic E-state index is 0.177. The van der Waals surface area contributed by atoms with E-state index in [0.29, 0.717) is 18.1 Å². The van der Waals surface area contributed by atoms with E-state index in [9.17, 15) is 4.79 Å². The van der Waals surface area contributed by atoms with E-state index in [1.54, 1.807) is 0 Å². The highest BCUT2D eigenvalue weighted by Crippen LogP contribution is 2.23. The maximum atomic E-state index is 12.9. The van der Waals surface area contributed by atoms with Crippen LogP contribution in [0.15, 0.2) is 60.7 Å². The van der Waals surface area contributed by atoms with Crippen molar-refractivity contribution in [2.45, 2.75) is 32.7 Å². The molecule has 148 valence electrons. The standard InChI is InChI=1S/C24H26N4O/c1-18-9-8-10-19(15-18)17-25-24(29)21-16-22(28-13-6-3-7-14-28)27-23(26-21)20-11-4-2-5-12-20/h2,4-5,8-12,15-16H,3,6-7,13-14,17H2,1H3,(H,25,29). The molecule has 2 aromatic carbocycles. The molecule has 0 unspecified atom stereocenters. The van der Waals surface area contributed by atoms with E-state index >= 15 is 0 Å². The lowest BCUT2D eigenvalue weighted by Crippen LogP contribution is -2.31. The van der Waals surface area contributed by atoms with Gasteiger partial charge in [-0.05, 0) is 31.7 Å². The summed E-state index contributed by atoms with van der Waals surface area (Å²) in [5.41, 5.74) is 3.58. The molecule has 0 aliphatic carbocycles. The molecule has 1 fully saturated rings. The summed E-state index contributed by atoms with van der Waals surface area (Å²) >= 11 is 0. The lowest BCUT2D eigenvalue weighted by atomic mass is 10.1. The van der Waals surface area contributed by atoms with E-state index in [1.165, 1.54) is 12.0 Å². The van der Waals surface area contributed by atoms with Gasteiger partial charge in [0.15, 0.2) is 5.82 Å². The summed E-state index contributed by atoms with van der Waals surface area (Å²) in [6, 6.07) is 19.8. The van der Waals surface area contributed by atoms with Gasteiger partial charge in [0.05, 0.1) is 0 Å². The molecule has 29 heavy (non-hydrogen) atoms. The van der Waals surface area contributed by atoms with Gasteiger partial charge in [-0.1, -0.05) is 60.2 Å². The first kappa shape index (κ1) is 19.1. The molecule has 5 heteroatoms. The van der Waals surface area contributed by atoms with Crippen LogP contribution in [0.1, 0.15) is 40.9 Å². The topological polar surface area (TPSA) is 58.1 Å². The van der Waals surface area contributed by atoms with Gasteiger partial charge in [0, 0.05) is 31.3 Å². The van der Waals surface area contributed by atoms with Crippen molar-refractivity contribution in [2.75, 3.05) is 18.0 Å². The third-order valence-corrected chi connectivity index (χ3v) is 5.19. The Balaban J connectivity index is 1.61. The van der Waals surface area contributed by atoms with Gasteiger partial charge in [0.1, 0.15) is 11.5 Å². The Kier molecular flexibility index (Phi) is 5.84. The molecule has 0 atom stereocenters. The fraction of sp³-hybridized carbons (Fsp3) is 0.292. The maximum Gasteiger partial charge on any atom is 0.270 e. The van der Waals surface area contributed by atoms with Crippen molar-refractivity contribution < 1.29 is 4.79 Å². The average molecular weight is 386 g/mol. The normalized spacial score (nSPS) is 13.9. The van der Waals surface area contributed by atoms with Gasteiger partial charge in [0.2, 0.25) is 0 Å². The molecule has 0 bridgehead atoms. The zero-order chi connectivity index (χ0) is 20.1. The van der Waals surface area contributed by atoms with Crippen LogP contribution < -0.4 is 10.2 Å². The molecule has 0 saturated carbocycles. The van der Waals surface area contributed by atoms with E-state index in [4.69, 9.17) is 4.98 Å². The molecule has 5 nitrogen and oxygen atoms in total. The molecule has 0 spiro atoms. The molecule has 1 aromatic heterocycles. The maximum absolute atomic E-state index is 12.9. The molecular weight excluding hydrogens is 360 g/mol. The zero-order valence-corrected chi connectivity index (χ0v) is 16.8. The predicted octanol–water partition coefficient (Wildman–Crippen LogP) is 4.37. The van der Waals surface area contributed by atoms with E-state index < -0.39 is 0 Å². The second-order valence-electron chi connectivity index (χ2n) is 7.52. The first-order valence-corrected chi connectivity index (χ1v) is 10.2. The van der Waals surface area contributed by atoms with Crippen molar-refractivity contribution >= 4 is 11.7 Å². The van der Waals surface area contributed by atoms with E-state index in [0.717, 1.165) is 42.9 Å². The van der Waals surface area contributed by atoms with Gasteiger partial charge in [-0.25, -0.2) is 9.97 Å². The number of hydrogen-bond acceptors (Lipinski definition) is 4. The van der Waals surface area contributed by atoms with Gasteiger partial charge in [0.25, 0.3) is 5.91 Å². The Morgan fingerprint density at radius 3 is 2.52 bits per heavy atom. The van der Waals surface area contributed by atoms with Crippen molar-refractivity contribution in [1.82, 2.24) is 15.3 Å². The number of aryl methyl sites for hydroxylation is 1. The van der Waals surface area contributed by atoms with Crippen LogP contribution in [0, 0.1) is 6.92 Å². The fourth-order valence-electron chi connectivity index (χ4n) is 3.65. The van der Waals surface area contributed by atoms with Gasteiger partial charge < -0.3 is 10.2 Å². The zero-order valence-electron chi connectivity index (χ0n) is 16.8. The number of anilines is 1. The summed E-state index contributed by atoms with van der Waals surface area (Å²) in [4.78, 5) is 24.5. The van der Waals surface area contributed by atoms with Crippen molar-refractivity contribution in [3.63, 3.8) is 0 Å². The number of carbonyl (C=O) groups is 1. The number of aromatic nitrogens is 2. The van der Waals surface area contributed by atoms with Crippen LogP contribution in [0.2, 0.25) is 0 Å². The number of benzene rings is 2. The van der Waals surface area contributed by atoms with Crippen LogP contribution in [0.3, 0.4) is 0 Å². The lowest BCUT2D eigenvalue weighted by molar-refractivity contribution is 0.0946. The van der Waals surface area contributed by atoms with Crippen LogP contribution in [-0.2, 0) is 6.54 Å². The molecule has 1 saturated heterocycles. The highest BCUT2D eigenvalue weighted by molar-refractivity contribution is 5.93.